The van der Waals surface area contributed by atoms with Crippen molar-refractivity contribution in [3.8, 4) is 17.6 Å². The van der Waals surface area contributed by atoms with Gasteiger partial charge >= 0.3 is 5.97 Å². The lowest BCUT2D eigenvalue weighted by Gasteiger charge is -2.05. The highest BCUT2D eigenvalue weighted by molar-refractivity contribution is 5.91. The van der Waals surface area contributed by atoms with E-state index >= 15 is 0 Å². The molecule has 0 spiro atoms. The molecular weight excluding hydrogens is 372 g/mol. The Morgan fingerprint density at radius 3 is 2.04 bits per heavy atom. The van der Waals surface area contributed by atoms with Gasteiger partial charge in [0.1, 0.15) is 17.4 Å². The van der Waals surface area contributed by atoms with Crippen LogP contribution in [0.25, 0.3) is 0 Å². The molecule has 0 aromatic heterocycles. The maximum Gasteiger partial charge on any atom is 0.343 e. The summed E-state index contributed by atoms with van der Waals surface area (Å²) >= 11 is 0. The minimum atomic E-state index is -1.13. The molecule has 0 aliphatic rings. The summed E-state index contributed by atoms with van der Waals surface area (Å²) in [6, 6.07) is 10.8. The Balaban J connectivity index is 1.75. The van der Waals surface area contributed by atoms with Gasteiger partial charge in [0.05, 0.1) is 11.1 Å². The fourth-order valence-electron chi connectivity index (χ4n) is 2.35. The summed E-state index contributed by atoms with van der Waals surface area (Å²) in [4.78, 5) is 12.0. The minimum absolute atomic E-state index is 0.141. The van der Waals surface area contributed by atoms with Crippen LogP contribution in [0.4, 0.5) is 17.6 Å². The van der Waals surface area contributed by atoms with Gasteiger partial charge in [0.25, 0.3) is 0 Å². The number of benzene rings is 3. The molecule has 0 heterocycles. The second-order valence-electron chi connectivity index (χ2n) is 5.90. The van der Waals surface area contributed by atoms with Crippen LogP contribution in [0.2, 0.25) is 0 Å². The number of halogens is 4. The molecule has 3 aromatic rings. The first-order valence-electron chi connectivity index (χ1n) is 8.08. The Labute approximate surface area is 158 Å². The standard InChI is InChI=1S/C22H12F4O2/c1-13-10-19(24)17(20(25)11-13)8-4-14-2-5-15(6-3-14)22(27)28-16-7-9-18(23)21(26)12-16/h2-3,5-7,9-12H,1H3. The molecule has 0 aliphatic carbocycles. The summed E-state index contributed by atoms with van der Waals surface area (Å²) in [5.41, 5.74) is 0.670. The number of ether oxygens (including phenoxy) is 1. The topological polar surface area (TPSA) is 26.3 Å². The summed E-state index contributed by atoms with van der Waals surface area (Å²) in [5, 5.41) is 0. The molecule has 0 radical (unpaired) electrons. The molecule has 6 heteroatoms. The van der Waals surface area contributed by atoms with Gasteiger partial charge in [-0.25, -0.2) is 22.4 Å². The molecule has 0 atom stereocenters. The molecule has 0 N–H and O–H groups in total. The third kappa shape index (κ3) is 4.38. The van der Waals surface area contributed by atoms with Gasteiger partial charge in [-0.15, -0.1) is 0 Å². The van der Waals surface area contributed by atoms with Crippen molar-refractivity contribution in [3.05, 3.63) is 100 Å². The normalized spacial score (nSPS) is 10.2. The average Bonchev–Trinajstić information content (AvgIpc) is 2.64. The highest BCUT2D eigenvalue weighted by Gasteiger charge is 2.11. The molecule has 0 unspecified atom stereocenters. The molecule has 0 saturated heterocycles. The van der Waals surface area contributed by atoms with Crippen molar-refractivity contribution in [2.24, 2.45) is 0 Å². The van der Waals surface area contributed by atoms with Crippen molar-refractivity contribution >= 4 is 5.97 Å². The van der Waals surface area contributed by atoms with Gasteiger partial charge in [-0.2, -0.15) is 0 Å². The van der Waals surface area contributed by atoms with Crippen LogP contribution in [-0.2, 0) is 0 Å². The zero-order chi connectivity index (χ0) is 20.3. The Bertz CT molecular complexity index is 1090. The largest absolute Gasteiger partial charge is 0.423 e. The monoisotopic (exact) mass is 384 g/mol. The molecule has 0 saturated carbocycles. The number of carbonyl (C=O) groups is 1. The molecule has 3 aromatic carbocycles. The van der Waals surface area contributed by atoms with E-state index in [-0.39, 0.29) is 16.9 Å². The number of aryl methyl sites for hydroxylation is 1. The van der Waals surface area contributed by atoms with Gasteiger partial charge in [0.15, 0.2) is 11.6 Å². The van der Waals surface area contributed by atoms with Crippen LogP contribution in [0.5, 0.6) is 5.75 Å². The number of hydrogen-bond acceptors (Lipinski definition) is 2. The van der Waals surface area contributed by atoms with Crippen LogP contribution in [0, 0.1) is 42.0 Å². The van der Waals surface area contributed by atoms with Crippen molar-refractivity contribution < 1.29 is 27.1 Å². The lowest BCUT2D eigenvalue weighted by atomic mass is 10.1. The third-order valence-corrected chi connectivity index (χ3v) is 3.74. The zero-order valence-corrected chi connectivity index (χ0v) is 14.5. The summed E-state index contributed by atoms with van der Waals surface area (Å²) in [6.45, 7) is 1.57. The average molecular weight is 384 g/mol. The first-order valence-corrected chi connectivity index (χ1v) is 8.08. The van der Waals surface area contributed by atoms with Gasteiger partial charge in [-0.3, -0.25) is 0 Å². The molecule has 0 amide bonds. The first-order chi connectivity index (χ1) is 13.3. The maximum absolute atomic E-state index is 13.8. The predicted octanol–water partition coefficient (Wildman–Crippen LogP) is 5.17. The quantitative estimate of drug-likeness (QED) is 0.264. The van der Waals surface area contributed by atoms with Gasteiger partial charge in [0, 0.05) is 11.6 Å². The van der Waals surface area contributed by atoms with Crippen LogP contribution < -0.4 is 4.74 Å². The molecule has 0 fully saturated rings. The highest BCUT2D eigenvalue weighted by atomic mass is 19.2. The van der Waals surface area contributed by atoms with Gasteiger partial charge in [-0.1, -0.05) is 11.8 Å². The van der Waals surface area contributed by atoms with Crippen LogP contribution in [0.15, 0.2) is 54.6 Å². The van der Waals surface area contributed by atoms with Crippen LogP contribution in [-0.4, -0.2) is 5.97 Å². The van der Waals surface area contributed by atoms with Crippen molar-refractivity contribution in [2.45, 2.75) is 6.92 Å². The van der Waals surface area contributed by atoms with E-state index in [1.165, 1.54) is 36.4 Å². The predicted molar refractivity (Wildman–Crippen MR) is 94.8 cm³/mol. The smallest absolute Gasteiger partial charge is 0.343 e. The minimum Gasteiger partial charge on any atom is -0.423 e. The van der Waals surface area contributed by atoms with E-state index in [2.05, 4.69) is 11.8 Å². The molecule has 0 bridgehead atoms. The zero-order valence-electron chi connectivity index (χ0n) is 14.5. The molecule has 28 heavy (non-hydrogen) atoms. The third-order valence-electron chi connectivity index (χ3n) is 3.74. The lowest BCUT2D eigenvalue weighted by Crippen LogP contribution is -2.08. The van der Waals surface area contributed by atoms with Crippen molar-refractivity contribution in [2.75, 3.05) is 0 Å². The van der Waals surface area contributed by atoms with E-state index in [1.807, 2.05) is 0 Å². The van der Waals surface area contributed by atoms with Gasteiger partial charge in [0.2, 0.25) is 0 Å². The number of esters is 1. The second-order valence-corrected chi connectivity index (χ2v) is 5.90. The van der Waals surface area contributed by atoms with Crippen molar-refractivity contribution in [1.82, 2.24) is 0 Å². The van der Waals surface area contributed by atoms with E-state index in [9.17, 15) is 22.4 Å². The second kappa shape index (κ2) is 7.97. The number of hydrogen-bond donors (Lipinski definition) is 0. The molecule has 140 valence electrons. The van der Waals surface area contributed by atoms with E-state index in [4.69, 9.17) is 4.74 Å². The summed E-state index contributed by atoms with van der Waals surface area (Å²) in [5.74, 6) is 0.442. The van der Waals surface area contributed by atoms with E-state index in [0.29, 0.717) is 11.1 Å². The maximum atomic E-state index is 13.8. The van der Waals surface area contributed by atoms with Gasteiger partial charge in [-0.05, 0) is 61.0 Å². The highest BCUT2D eigenvalue weighted by Crippen LogP contribution is 2.17. The number of carbonyl (C=O) groups excluding carboxylic acids is 1. The van der Waals surface area contributed by atoms with Crippen molar-refractivity contribution in [1.29, 1.82) is 0 Å². The first kappa shape index (κ1) is 19.2. The Kier molecular flexibility index (Phi) is 5.46. The van der Waals surface area contributed by atoms with Crippen LogP contribution >= 0.6 is 0 Å². The molecule has 0 aliphatic heterocycles. The van der Waals surface area contributed by atoms with E-state index < -0.39 is 29.2 Å². The van der Waals surface area contributed by atoms with Gasteiger partial charge < -0.3 is 4.74 Å². The van der Waals surface area contributed by atoms with E-state index in [0.717, 1.165) is 18.2 Å². The summed E-state index contributed by atoms with van der Waals surface area (Å²) < 4.78 is 58.6. The van der Waals surface area contributed by atoms with E-state index in [1.54, 1.807) is 6.92 Å². The SMILES string of the molecule is Cc1cc(F)c(C#Cc2ccc(C(=O)Oc3ccc(F)c(F)c3)cc2)c(F)c1. The molecular formula is C22H12F4O2. The Morgan fingerprint density at radius 1 is 0.786 bits per heavy atom. The van der Waals surface area contributed by atoms with Crippen molar-refractivity contribution in [3.63, 3.8) is 0 Å². The summed E-state index contributed by atoms with van der Waals surface area (Å²) in [7, 11) is 0. The summed E-state index contributed by atoms with van der Waals surface area (Å²) in [6.07, 6.45) is 0. The number of rotatable bonds is 2. The molecule has 3 rings (SSSR count). The molecule has 2 nitrogen and oxygen atoms in total. The fourth-order valence-corrected chi connectivity index (χ4v) is 2.35. The Morgan fingerprint density at radius 2 is 1.43 bits per heavy atom. The van der Waals surface area contributed by atoms with Crippen LogP contribution in [0.3, 0.4) is 0 Å². The fraction of sp³-hybridized carbons (Fsp3) is 0.0455. The van der Waals surface area contributed by atoms with Crippen LogP contribution in [0.1, 0.15) is 27.0 Å². The lowest BCUT2D eigenvalue weighted by molar-refractivity contribution is 0.0734. The Hall–Kier alpha value is -3.59.